The first-order valence-electron chi connectivity index (χ1n) is 8.34. The molecule has 0 aromatic heterocycles. The van der Waals surface area contributed by atoms with Crippen LogP contribution >= 0.6 is 0 Å². The highest BCUT2D eigenvalue weighted by molar-refractivity contribution is 6.04. The zero-order valence-corrected chi connectivity index (χ0v) is 14.4. The number of rotatable bonds is 4. The maximum Gasteiger partial charge on any atom is 0.417 e. The van der Waals surface area contributed by atoms with E-state index in [-0.39, 0.29) is 18.6 Å². The first-order chi connectivity index (χ1) is 13.3. The van der Waals surface area contributed by atoms with Gasteiger partial charge in [0, 0.05) is 6.08 Å². The van der Waals surface area contributed by atoms with Crippen molar-refractivity contribution in [1.82, 2.24) is 4.90 Å². The number of halogens is 4. The molecule has 0 N–H and O–H groups in total. The topological polar surface area (TPSA) is 46.6 Å². The number of amides is 2. The molecule has 1 aliphatic heterocycles. The summed E-state index contributed by atoms with van der Waals surface area (Å²) in [5, 5.41) is 0. The molecule has 0 radical (unpaired) electrons. The Balaban J connectivity index is 1.90. The molecule has 1 aliphatic rings. The zero-order chi connectivity index (χ0) is 20.3. The summed E-state index contributed by atoms with van der Waals surface area (Å²) in [6.45, 7) is -0.106. The molecule has 3 rings (SSSR count). The van der Waals surface area contributed by atoms with Gasteiger partial charge in [-0.15, -0.1) is 0 Å². The van der Waals surface area contributed by atoms with Gasteiger partial charge in [0.05, 0.1) is 11.6 Å². The van der Waals surface area contributed by atoms with E-state index < -0.39 is 35.6 Å². The molecule has 1 heterocycles. The predicted octanol–water partition coefficient (Wildman–Crippen LogP) is 4.36. The van der Waals surface area contributed by atoms with Crippen LogP contribution in [0.5, 0.6) is 0 Å². The Morgan fingerprint density at radius 2 is 1.75 bits per heavy atom. The van der Waals surface area contributed by atoms with Gasteiger partial charge in [-0.2, -0.15) is 13.2 Å². The molecule has 1 atom stereocenters. The Labute approximate surface area is 158 Å². The minimum Gasteiger partial charge on any atom is -0.447 e. The number of hydrogen-bond donors (Lipinski definition) is 0. The molecule has 0 saturated carbocycles. The van der Waals surface area contributed by atoms with Crippen molar-refractivity contribution < 1.29 is 31.9 Å². The standard InChI is InChI=1S/C20H15F4NO3/c21-15-8-6-14(7-9-15)17(20(22,23)24)11-18(26)25-16(12-28-19(25)27)10-13-4-2-1-3-5-13/h1-9,11,16H,10,12H2/b17-11+/t16-/m0/s1. The highest BCUT2D eigenvalue weighted by Crippen LogP contribution is 2.34. The lowest BCUT2D eigenvalue weighted by Gasteiger charge is -2.19. The summed E-state index contributed by atoms with van der Waals surface area (Å²) in [6, 6.07) is 11.7. The van der Waals surface area contributed by atoms with E-state index in [9.17, 15) is 27.2 Å². The minimum atomic E-state index is -4.87. The minimum absolute atomic E-state index is 0.106. The Hall–Kier alpha value is -3.16. The van der Waals surface area contributed by atoms with E-state index in [4.69, 9.17) is 4.74 Å². The monoisotopic (exact) mass is 393 g/mol. The molecule has 0 spiro atoms. The fourth-order valence-electron chi connectivity index (χ4n) is 2.92. The van der Waals surface area contributed by atoms with Crippen LogP contribution in [0.3, 0.4) is 0 Å². The van der Waals surface area contributed by atoms with Crippen LogP contribution in [0.15, 0.2) is 60.7 Å². The second-order valence-corrected chi connectivity index (χ2v) is 6.19. The summed E-state index contributed by atoms with van der Waals surface area (Å²) < 4.78 is 58.2. The van der Waals surface area contributed by atoms with Gasteiger partial charge in [0.25, 0.3) is 5.91 Å². The number of hydrogen-bond acceptors (Lipinski definition) is 3. The van der Waals surface area contributed by atoms with Crippen molar-refractivity contribution in [3.63, 3.8) is 0 Å². The third-order valence-corrected chi connectivity index (χ3v) is 4.24. The van der Waals surface area contributed by atoms with Crippen molar-refractivity contribution >= 4 is 17.6 Å². The SMILES string of the molecule is O=C(/C=C(\c1ccc(F)cc1)C(F)(F)F)N1C(=O)OC[C@@H]1Cc1ccccc1. The number of imide groups is 1. The Morgan fingerprint density at radius 1 is 1.11 bits per heavy atom. The van der Waals surface area contributed by atoms with Gasteiger partial charge in [-0.05, 0) is 29.7 Å². The number of alkyl halides is 3. The quantitative estimate of drug-likeness (QED) is 0.573. The Bertz CT molecular complexity index is 892. The smallest absolute Gasteiger partial charge is 0.417 e. The molecule has 0 aliphatic carbocycles. The molecular weight excluding hydrogens is 378 g/mol. The van der Waals surface area contributed by atoms with Gasteiger partial charge in [-0.1, -0.05) is 42.5 Å². The zero-order valence-electron chi connectivity index (χ0n) is 14.4. The molecule has 28 heavy (non-hydrogen) atoms. The molecule has 146 valence electrons. The molecule has 0 bridgehead atoms. The molecule has 0 unspecified atom stereocenters. The van der Waals surface area contributed by atoms with Crippen LogP contribution in [-0.4, -0.2) is 35.7 Å². The van der Waals surface area contributed by atoms with Crippen LogP contribution in [0, 0.1) is 5.82 Å². The fraction of sp³-hybridized carbons (Fsp3) is 0.200. The largest absolute Gasteiger partial charge is 0.447 e. The highest BCUT2D eigenvalue weighted by Gasteiger charge is 2.40. The lowest BCUT2D eigenvalue weighted by molar-refractivity contribution is -0.124. The van der Waals surface area contributed by atoms with Crippen LogP contribution in [-0.2, 0) is 16.0 Å². The Morgan fingerprint density at radius 3 is 2.36 bits per heavy atom. The summed E-state index contributed by atoms with van der Waals surface area (Å²) in [5.41, 5.74) is -0.841. The summed E-state index contributed by atoms with van der Waals surface area (Å²) in [4.78, 5) is 25.2. The van der Waals surface area contributed by atoms with Gasteiger partial charge < -0.3 is 4.74 Å². The molecule has 4 nitrogen and oxygen atoms in total. The van der Waals surface area contributed by atoms with Crippen molar-refractivity contribution in [1.29, 1.82) is 0 Å². The molecule has 8 heteroatoms. The Kier molecular flexibility index (Phi) is 5.48. The number of ether oxygens (including phenoxy) is 1. The third kappa shape index (κ3) is 4.39. The van der Waals surface area contributed by atoms with E-state index in [1.54, 1.807) is 30.3 Å². The third-order valence-electron chi connectivity index (χ3n) is 4.24. The van der Waals surface area contributed by atoms with Crippen LogP contribution in [0.25, 0.3) is 5.57 Å². The van der Waals surface area contributed by atoms with Crippen molar-refractivity contribution in [2.24, 2.45) is 0 Å². The van der Waals surface area contributed by atoms with Gasteiger partial charge in [0.1, 0.15) is 12.4 Å². The number of allylic oxidation sites excluding steroid dienone is 1. The van der Waals surface area contributed by atoms with Crippen molar-refractivity contribution in [3.8, 4) is 0 Å². The van der Waals surface area contributed by atoms with E-state index in [0.29, 0.717) is 11.0 Å². The normalized spacial score (nSPS) is 17.6. The number of carbonyl (C=O) groups is 2. The summed E-state index contributed by atoms with van der Waals surface area (Å²) in [5.74, 6) is -1.84. The van der Waals surface area contributed by atoms with E-state index >= 15 is 0 Å². The van der Waals surface area contributed by atoms with Crippen LogP contribution < -0.4 is 0 Å². The van der Waals surface area contributed by atoms with E-state index in [1.165, 1.54) is 0 Å². The highest BCUT2D eigenvalue weighted by atomic mass is 19.4. The van der Waals surface area contributed by atoms with E-state index in [1.807, 2.05) is 0 Å². The summed E-state index contributed by atoms with van der Waals surface area (Å²) >= 11 is 0. The number of nitrogens with zero attached hydrogens (tertiary/aromatic N) is 1. The molecule has 1 saturated heterocycles. The fourth-order valence-corrected chi connectivity index (χ4v) is 2.92. The van der Waals surface area contributed by atoms with E-state index in [0.717, 1.165) is 29.8 Å². The van der Waals surface area contributed by atoms with E-state index in [2.05, 4.69) is 0 Å². The first kappa shape index (κ1) is 19.6. The van der Waals surface area contributed by atoms with Crippen LogP contribution in [0.2, 0.25) is 0 Å². The molecule has 2 aromatic carbocycles. The lowest BCUT2D eigenvalue weighted by atomic mass is 10.0. The van der Waals surface area contributed by atoms with Crippen LogP contribution in [0.4, 0.5) is 22.4 Å². The second kappa shape index (κ2) is 7.84. The average Bonchev–Trinajstić information content (AvgIpc) is 3.01. The van der Waals surface area contributed by atoms with Gasteiger partial charge in [-0.3, -0.25) is 4.79 Å². The van der Waals surface area contributed by atoms with Gasteiger partial charge in [-0.25, -0.2) is 14.1 Å². The molecule has 2 amide bonds. The maximum atomic E-state index is 13.4. The average molecular weight is 393 g/mol. The molecule has 2 aromatic rings. The summed E-state index contributed by atoms with van der Waals surface area (Å²) in [6.07, 6.45) is -5.27. The van der Waals surface area contributed by atoms with Crippen molar-refractivity contribution in [2.75, 3.05) is 6.61 Å². The van der Waals surface area contributed by atoms with Crippen LogP contribution in [0.1, 0.15) is 11.1 Å². The van der Waals surface area contributed by atoms with Crippen molar-refractivity contribution in [3.05, 3.63) is 77.6 Å². The number of cyclic esters (lactones) is 1. The lowest BCUT2D eigenvalue weighted by Crippen LogP contribution is -2.39. The second-order valence-electron chi connectivity index (χ2n) is 6.19. The number of carbonyl (C=O) groups excluding carboxylic acids is 2. The van der Waals surface area contributed by atoms with Gasteiger partial charge in [0.15, 0.2) is 0 Å². The summed E-state index contributed by atoms with van der Waals surface area (Å²) in [7, 11) is 0. The van der Waals surface area contributed by atoms with Gasteiger partial charge in [0.2, 0.25) is 0 Å². The van der Waals surface area contributed by atoms with Crippen molar-refractivity contribution in [2.45, 2.75) is 18.6 Å². The maximum absolute atomic E-state index is 13.4. The molecular formula is C20H15F4NO3. The number of benzene rings is 2. The molecule has 1 fully saturated rings. The van der Waals surface area contributed by atoms with Gasteiger partial charge >= 0.3 is 12.3 Å². The first-order valence-corrected chi connectivity index (χ1v) is 8.34. The predicted molar refractivity (Wildman–Crippen MR) is 92.6 cm³/mol.